The first-order chi connectivity index (χ1) is 13.8. The first kappa shape index (κ1) is 23.6. The van der Waals surface area contributed by atoms with Crippen molar-refractivity contribution in [2.75, 3.05) is 11.9 Å². The van der Waals surface area contributed by atoms with Gasteiger partial charge < -0.3 is 10.6 Å². The number of fused-ring (bicyclic) bond motifs is 1. The summed E-state index contributed by atoms with van der Waals surface area (Å²) in [5.74, 6) is -0.00260. The molecule has 0 aliphatic carbocycles. The zero-order chi connectivity index (χ0) is 20.9. The quantitative estimate of drug-likeness (QED) is 0.483. The lowest BCUT2D eigenvalue weighted by Gasteiger charge is -2.20. The van der Waals surface area contributed by atoms with Crippen LogP contribution in [0.5, 0.6) is 0 Å². The fraction of sp³-hybridized carbons (Fsp3) is 0.348. The predicted octanol–water partition coefficient (Wildman–Crippen LogP) is 4.51. The average Bonchev–Trinajstić information content (AvgIpc) is 2.67. The molecule has 3 N–H and O–H groups in total. The van der Waals surface area contributed by atoms with Gasteiger partial charge in [0.1, 0.15) is 0 Å². The summed E-state index contributed by atoms with van der Waals surface area (Å²) in [7, 11) is 0. The minimum Gasteiger partial charge on any atom is -0.326 e. The van der Waals surface area contributed by atoms with E-state index in [0.29, 0.717) is 17.5 Å². The van der Waals surface area contributed by atoms with Gasteiger partial charge in [-0.3, -0.25) is 9.59 Å². The molecular weight excluding hydrogens is 400 g/mol. The smallest absolute Gasteiger partial charge is 0.272 e. The van der Waals surface area contributed by atoms with Crippen LogP contribution in [0.1, 0.15) is 40.0 Å². The summed E-state index contributed by atoms with van der Waals surface area (Å²) in [5.41, 5.74) is 2.13. The lowest BCUT2D eigenvalue weighted by molar-refractivity contribution is -0.116. The monoisotopic (exact) mass is 428 g/mol. The summed E-state index contributed by atoms with van der Waals surface area (Å²) in [6.45, 7) is 7.30. The number of hydrogen-bond acceptors (Lipinski definition) is 4. The van der Waals surface area contributed by atoms with E-state index >= 15 is 0 Å². The first-order valence-electron chi connectivity index (χ1n) is 9.96. The molecule has 1 aromatic heterocycles. The van der Waals surface area contributed by atoms with E-state index in [0.717, 1.165) is 36.0 Å². The number of aromatic amines is 1. The molecule has 0 aliphatic heterocycles. The molecule has 2 aromatic carbocycles. The first-order valence-corrected chi connectivity index (χ1v) is 9.96. The summed E-state index contributed by atoms with van der Waals surface area (Å²) < 4.78 is 0. The van der Waals surface area contributed by atoms with Crippen molar-refractivity contribution in [2.45, 2.75) is 45.6 Å². The lowest BCUT2D eigenvalue weighted by atomic mass is 10.0. The standard InChI is InChI=1S/C23H28N4O2.ClH/c1-23(2,3)24-14-7-6-13-20(28)25-17-10-8-9-16(15-17)21-18-11-4-5-12-19(18)22(29)27-26-21;/h4-5,8-12,15,24H,6-7,13-14H2,1-3H3,(H,25,28)(H,27,29);1H. The van der Waals surface area contributed by atoms with Crippen molar-refractivity contribution in [3.63, 3.8) is 0 Å². The van der Waals surface area contributed by atoms with Crippen LogP contribution >= 0.6 is 12.4 Å². The highest BCUT2D eigenvalue weighted by Gasteiger charge is 2.10. The Morgan fingerprint density at radius 2 is 1.77 bits per heavy atom. The molecule has 0 atom stereocenters. The van der Waals surface area contributed by atoms with Gasteiger partial charge in [0, 0.05) is 28.6 Å². The normalized spacial score (nSPS) is 11.2. The molecule has 0 fully saturated rings. The highest BCUT2D eigenvalue weighted by atomic mass is 35.5. The van der Waals surface area contributed by atoms with Crippen molar-refractivity contribution in [2.24, 2.45) is 0 Å². The lowest BCUT2D eigenvalue weighted by Crippen LogP contribution is -2.36. The molecule has 6 nitrogen and oxygen atoms in total. The van der Waals surface area contributed by atoms with Gasteiger partial charge in [-0.15, -0.1) is 12.4 Å². The Labute approximate surface area is 182 Å². The number of H-pyrrole nitrogens is 1. The van der Waals surface area contributed by atoms with Gasteiger partial charge in [-0.2, -0.15) is 5.10 Å². The van der Waals surface area contributed by atoms with Gasteiger partial charge in [-0.25, -0.2) is 5.10 Å². The highest BCUT2D eigenvalue weighted by Crippen LogP contribution is 2.26. The molecular formula is C23H29ClN4O2. The Morgan fingerprint density at radius 3 is 2.50 bits per heavy atom. The van der Waals surface area contributed by atoms with Crippen LogP contribution in [0.3, 0.4) is 0 Å². The van der Waals surface area contributed by atoms with Gasteiger partial charge >= 0.3 is 0 Å². The third-order valence-electron chi connectivity index (χ3n) is 4.60. The minimum absolute atomic E-state index is 0. The number of aromatic nitrogens is 2. The van der Waals surface area contributed by atoms with Crippen LogP contribution in [0.25, 0.3) is 22.0 Å². The molecule has 3 rings (SSSR count). The van der Waals surface area contributed by atoms with E-state index in [2.05, 4.69) is 41.6 Å². The number of unbranched alkanes of at least 4 members (excludes halogenated alkanes) is 1. The maximum Gasteiger partial charge on any atom is 0.272 e. The molecule has 0 spiro atoms. The van der Waals surface area contributed by atoms with Crippen LogP contribution in [0.2, 0.25) is 0 Å². The molecule has 160 valence electrons. The predicted molar refractivity (Wildman–Crippen MR) is 125 cm³/mol. The summed E-state index contributed by atoms with van der Waals surface area (Å²) >= 11 is 0. The van der Waals surface area contributed by atoms with Gasteiger partial charge in [0.25, 0.3) is 5.56 Å². The third-order valence-corrected chi connectivity index (χ3v) is 4.60. The Hall–Kier alpha value is -2.70. The number of carbonyl (C=O) groups excluding carboxylic acids is 1. The number of amides is 1. The number of rotatable bonds is 7. The number of nitrogens with zero attached hydrogens (tertiary/aromatic N) is 1. The molecule has 0 bridgehead atoms. The van der Waals surface area contributed by atoms with E-state index in [1.807, 2.05) is 42.5 Å². The van der Waals surface area contributed by atoms with E-state index in [1.54, 1.807) is 6.07 Å². The van der Waals surface area contributed by atoms with Gasteiger partial charge in [0.2, 0.25) is 5.91 Å². The minimum atomic E-state index is -0.213. The fourth-order valence-electron chi connectivity index (χ4n) is 3.18. The second-order valence-corrected chi connectivity index (χ2v) is 8.21. The second kappa shape index (κ2) is 10.4. The SMILES string of the molecule is CC(C)(C)NCCCCC(=O)Nc1cccc(-c2n[nH]c(=O)c3ccccc23)c1.Cl. The van der Waals surface area contributed by atoms with Gasteiger partial charge in [-0.05, 0) is 58.4 Å². The molecule has 0 unspecified atom stereocenters. The van der Waals surface area contributed by atoms with Crippen molar-refractivity contribution in [3.05, 3.63) is 58.9 Å². The topological polar surface area (TPSA) is 86.9 Å². The molecule has 30 heavy (non-hydrogen) atoms. The Kier molecular flexibility index (Phi) is 8.15. The van der Waals surface area contributed by atoms with E-state index in [4.69, 9.17) is 0 Å². The number of nitrogens with one attached hydrogen (secondary N) is 3. The van der Waals surface area contributed by atoms with Crippen LogP contribution in [-0.4, -0.2) is 28.2 Å². The third kappa shape index (κ3) is 6.40. The van der Waals surface area contributed by atoms with Crippen LogP contribution < -0.4 is 16.2 Å². The largest absolute Gasteiger partial charge is 0.326 e. The van der Waals surface area contributed by atoms with Gasteiger partial charge in [0.05, 0.1) is 11.1 Å². The van der Waals surface area contributed by atoms with E-state index < -0.39 is 0 Å². The van der Waals surface area contributed by atoms with E-state index in [1.165, 1.54) is 0 Å². The molecule has 0 radical (unpaired) electrons. The number of hydrogen-bond donors (Lipinski definition) is 3. The fourth-order valence-corrected chi connectivity index (χ4v) is 3.18. The highest BCUT2D eigenvalue weighted by molar-refractivity contribution is 5.95. The van der Waals surface area contributed by atoms with E-state index in [9.17, 15) is 9.59 Å². The maximum absolute atomic E-state index is 12.3. The average molecular weight is 429 g/mol. The second-order valence-electron chi connectivity index (χ2n) is 8.21. The van der Waals surface area contributed by atoms with Gasteiger partial charge in [-0.1, -0.05) is 30.3 Å². The van der Waals surface area contributed by atoms with Crippen LogP contribution in [-0.2, 0) is 4.79 Å². The summed E-state index contributed by atoms with van der Waals surface area (Å²) in [6, 6.07) is 14.9. The zero-order valence-corrected chi connectivity index (χ0v) is 18.4. The van der Waals surface area contributed by atoms with Crippen molar-refractivity contribution >= 4 is 34.8 Å². The molecule has 0 aliphatic rings. The molecule has 0 saturated carbocycles. The van der Waals surface area contributed by atoms with Crippen molar-refractivity contribution < 1.29 is 4.79 Å². The van der Waals surface area contributed by atoms with Crippen LogP contribution in [0, 0.1) is 0 Å². The van der Waals surface area contributed by atoms with Gasteiger partial charge in [0.15, 0.2) is 0 Å². The summed E-state index contributed by atoms with van der Waals surface area (Å²) in [4.78, 5) is 24.3. The van der Waals surface area contributed by atoms with E-state index in [-0.39, 0.29) is 29.4 Å². The number of carbonyl (C=O) groups is 1. The van der Waals surface area contributed by atoms with Crippen molar-refractivity contribution in [3.8, 4) is 11.3 Å². The number of halogens is 1. The molecule has 3 aromatic rings. The zero-order valence-electron chi connectivity index (χ0n) is 17.6. The molecule has 0 saturated heterocycles. The summed E-state index contributed by atoms with van der Waals surface area (Å²) in [5, 5.41) is 14.5. The summed E-state index contributed by atoms with van der Waals surface area (Å²) in [6.07, 6.45) is 2.27. The Bertz CT molecular complexity index is 1060. The number of benzene rings is 2. The van der Waals surface area contributed by atoms with Crippen LogP contribution in [0.4, 0.5) is 5.69 Å². The Balaban J connectivity index is 0.00000320. The number of anilines is 1. The van der Waals surface area contributed by atoms with Crippen LogP contribution in [0.15, 0.2) is 53.3 Å². The molecule has 1 amide bonds. The maximum atomic E-state index is 12.3. The Morgan fingerprint density at radius 1 is 1.03 bits per heavy atom. The molecule has 7 heteroatoms. The molecule has 1 heterocycles. The van der Waals surface area contributed by atoms with Crippen molar-refractivity contribution in [1.82, 2.24) is 15.5 Å². The van der Waals surface area contributed by atoms with Crippen molar-refractivity contribution in [1.29, 1.82) is 0 Å².